The van der Waals surface area contributed by atoms with Gasteiger partial charge in [0.25, 0.3) is 5.91 Å². The van der Waals surface area contributed by atoms with Crippen molar-refractivity contribution in [2.45, 2.75) is 25.7 Å². The normalized spacial score (nSPS) is 11.2. The van der Waals surface area contributed by atoms with Crippen LogP contribution in [0.1, 0.15) is 31.1 Å². The van der Waals surface area contributed by atoms with Gasteiger partial charge in [0.05, 0.1) is 11.5 Å². The maximum Gasteiger partial charge on any atom is 0.251 e. The average Bonchev–Trinajstić information content (AvgIpc) is 2.72. The van der Waals surface area contributed by atoms with Gasteiger partial charge in [0.1, 0.15) is 5.75 Å². The van der Waals surface area contributed by atoms with Gasteiger partial charge in [-0.1, -0.05) is 13.8 Å². The van der Waals surface area contributed by atoms with Crippen LogP contribution in [0.5, 0.6) is 5.75 Å². The smallest absolute Gasteiger partial charge is 0.251 e. The first-order valence-corrected chi connectivity index (χ1v) is 11.1. The van der Waals surface area contributed by atoms with Crippen molar-refractivity contribution in [1.82, 2.24) is 10.0 Å². The number of hydrogen-bond acceptors (Lipinski definition) is 5. The molecule has 3 N–H and O–H groups in total. The van der Waals surface area contributed by atoms with Crippen LogP contribution in [0.25, 0.3) is 0 Å². The zero-order chi connectivity index (χ0) is 22.1. The van der Waals surface area contributed by atoms with Gasteiger partial charge in [-0.3, -0.25) is 9.59 Å². The summed E-state index contributed by atoms with van der Waals surface area (Å²) >= 11 is 0. The Balaban J connectivity index is 1.81. The van der Waals surface area contributed by atoms with E-state index < -0.39 is 10.0 Å². The lowest BCUT2D eigenvalue weighted by Crippen LogP contribution is -2.34. The Kier molecular flexibility index (Phi) is 8.37. The Hall–Kier alpha value is -2.91. The van der Waals surface area contributed by atoms with Crippen molar-refractivity contribution in [3.8, 4) is 5.75 Å². The van der Waals surface area contributed by atoms with Crippen molar-refractivity contribution in [3.63, 3.8) is 0 Å². The van der Waals surface area contributed by atoms with E-state index in [0.29, 0.717) is 23.6 Å². The van der Waals surface area contributed by atoms with E-state index in [1.54, 1.807) is 50.2 Å². The fraction of sp³-hybridized carbons (Fsp3) is 0.333. The van der Waals surface area contributed by atoms with Crippen LogP contribution < -0.4 is 20.1 Å². The third-order valence-corrected chi connectivity index (χ3v) is 5.56. The summed E-state index contributed by atoms with van der Waals surface area (Å²) in [5.41, 5.74) is 1.01. The molecule has 0 radical (unpaired) electrons. The van der Waals surface area contributed by atoms with E-state index in [0.717, 1.165) is 0 Å². The number of carbonyl (C=O) groups excluding carboxylic acids is 2. The topological polar surface area (TPSA) is 114 Å². The van der Waals surface area contributed by atoms with Gasteiger partial charge >= 0.3 is 0 Å². The molecule has 0 aliphatic heterocycles. The lowest BCUT2D eigenvalue weighted by atomic mass is 10.1. The van der Waals surface area contributed by atoms with E-state index in [2.05, 4.69) is 15.4 Å². The number of hydrogen-bond donors (Lipinski definition) is 3. The lowest BCUT2D eigenvalue weighted by Gasteiger charge is -2.10. The number of nitrogens with one attached hydrogen (secondary N) is 3. The van der Waals surface area contributed by atoms with Crippen LogP contribution in [0.2, 0.25) is 0 Å². The zero-order valence-corrected chi connectivity index (χ0v) is 18.1. The first kappa shape index (κ1) is 23.4. The minimum atomic E-state index is -3.68. The molecule has 0 fully saturated rings. The van der Waals surface area contributed by atoms with Crippen LogP contribution >= 0.6 is 0 Å². The molecule has 2 amide bonds. The number of rotatable bonds is 10. The van der Waals surface area contributed by atoms with Crippen molar-refractivity contribution in [3.05, 3.63) is 54.1 Å². The minimum Gasteiger partial charge on any atom is -0.494 e. The second-order valence-electron chi connectivity index (χ2n) is 6.78. The molecule has 0 saturated heterocycles. The number of ether oxygens (including phenoxy) is 1. The molecule has 0 spiro atoms. The molecule has 0 unspecified atom stereocenters. The van der Waals surface area contributed by atoms with Crippen LogP contribution in [-0.4, -0.2) is 39.9 Å². The van der Waals surface area contributed by atoms with Crippen molar-refractivity contribution in [1.29, 1.82) is 0 Å². The molecule has 0 aliphatic carbocycles. The van der Waals surface area contributed by atoms with Crippen molar-refractivity contribution < 1.29 is 22.7 Å². The average molecular weight is 434 g/mol. The molecule has 30 heavy (non-hydrogen) atoms. The van der Waals surface area contributed by atoms with Gasteiger partial charge in [0.15, 0.2) is 0 Å². The minimum absolute atomic E-state index is 0.0455. The molecular weight excluding hydrogens is 406 g/mol. The van der Waals surface area contributed by atoms with Crippen LogP contribution in [0.3, 0.4) is 0 Å². The second-order valence-corrected chi connectivity index (χ2v) is 8.55. The van der Waals surface area contributed by atoms with Crippen molar-refractivity contribution in [2.24, 2.45) is 5.92 Å². The van der Waals surface area contributed by atoms with Gasteiger partial charge in [-0.05, 0) is 55.5 Å². The fourth-order valence-electron chi connectivity index (χ4n) is 2.42. The molecule has 8 nitrogen and oxygen atoms in total. The Morgan fingerprint density at radius 3 is 2.17 bits per heavy atom. The Morgan fingerprint density at radius 2 is 1.60 bits per heavy atom. The van der Waals surface area contributed by atoms with Crippen LogP contribution in [-0.2, 0) is 14.8 Å². The summed E-state index contributed by atoms with van der Waals surface area (Å²) in [6.07, 6.45) is 0. The maximum absolute atomic E-state index is 12.3. The highest BCUT2D eigenvalue weighted by Crippen LogP contribution is 2.15. The summed E-state index contributed by atoms with van der Waals surface area (Å²) in [5, 5.41) is 5.40. The molecule has 2 aromatic carbocycles. The summed E-state index contributed by atoms with van der Waals surface area (Å²) in [7, 11) is -3.68. The highest BCUT2D eigenvalue weighted by Gasteiger charge is 2.14. The summed E-state index contributed by atoms with van der Waals surface area (Å²) in [6.45, 7) is 6.10. The molecule has 9 heteroatoms. The molecule has 0 aliphatic rings. The standard InChI is InChI=1S/C21H27N3O5S/c1-4-29-18-9-11-19(12-10-18)30(27,28)23-14-13-22-21(26)16-5-7-17(8-6-16)24-20(25)15(2)3/h5-12,15,23H,4,13-14H2,1-3H3,(H,22,26)(H,24,25). The van der Waals surface area contributed by atoms with E-state index in [1.807, 2.05) is 6.92 Å². The number of anilines is 1. The number of carbonyl (C=O) groups is 2. The molecule has 162 valence electrons. The van der Waals surface area contributed by atoms with Crippen molar-refractivity contribution in [2.75, 3.05) is 25.0 Å². The SMILES string of the molecule is CCOc1ccc(S(=O)(=O)NCCNC(=O)c2ccc(NC(=O)C(C)C)cc2)cc1. The van der Waals surface area contributed by atoms with Gasteiger partial charge in [0, 0.05) is 30.3 Å². The first-order valence-electron chi connectivity index (χ1n) is 9.64. The molecule has 0 aromatic heterocycles. The van der Waals surface area contributed by atoms with E-state index in [9.17, 15) is 18.0 Å². The molecule has 0 heterocycles. The fourth-order valence-corrected chi connectivity index (χ4v) is 3.45. The summed E-state index contributed by atoms with van der Waals surface area (Å²) in [5.74, 6) is 0.0156. The Bertz CT molecular complexity index is 955. The molecular formula is C21H27N3O5S. The van der Waals surface area contributed by atoms with E-state index in [1.165, 1.54) is 12.1 Å². The highest BCUT2D eigenvalue weighted by atomic mass is 32.2. The largest absolute Gasteiger partial charge is 0.494 e. The Morgan fingerprint density at radius 1 is 0.967 bits per heavy atom. The van der Waals surface area contributed by atoms with Gasteiger partial charge in [-0.2, -0.15) is 0 Å². The highest BCUT2D eigenvalue weighted by molar-refractivity contribution is 7.89. The quantitative estimate of drug-likeness (QED) is 0.498. The number of sulfonamides is 1. The van der Waals surface area contributed by atoms with Crippen molar-refractivity contribution >= 4 is 27.5 Å². The van der Waals surface area contributed by atoms with E-state index in [4.69, 9.17) is 4.74 Å². The summed E-state index contributed by atoms with van der Waals surface area (Å²) in [4.78, 5) is 24.0. The van der Waals surface area contributed by atoms with Crippen LogP contribution in [0.15, 0.2) is 53.4 Å². The molecule has 0 atom stereocenters. The third-order valence-electron chi connectivity index (χ3n) is 4.09. The number of benzene rings is 2. The first-order chi connectivity index (χ1) is 14.2. The molecule has 0 bridgehead atoms. The van der Waals surface area contributed by atoms with Gasteiger partial charge in [-0.25, -0.2) is 13.1 Å². The van der Waals surface area contributed by atoms with Gasteiger partial charge < -0.3 is 15.4 Å². The van der Waals surface area contributed by atoms with E-state index in [-0.39, 0.29) is 35.7 Å². The zero-order valence-electron chi connectivity index (χ0n) is 17.3. The van der Waals surface area contributed by atoms with Gasteiger partial charge in [-0.15, -0.1) is 0 Å². The van der Waals surface area contributed by atoms with Gasteiger partial charge in [0.2, 0.25) is 15.9 Å². The summed E-state index contributed by atoms with van der Waals surface area (Å²) < 4.78 is 32.3. The second kappa shape index (κ2) is 10.7. The van der Waals surface area contributed by atoms with Crippen LogP contribution in [0.4, 0.5) is 5.69 Å². The van der Waals surface area contributed by atoms with E-state index >= 15 is 0 Å². The third kappa shape index (κ3) is 6.85. The van der Waals surface area contributed by atoms with Crippen LogP contribution in [0, 0.1) is 5.92 Å². The predicted octanol–water partition coefficient (Wildman–Crippen LogP) is 2.39. The predicted molar refractivity (Wildman–Crippen MR) is 115 cm³/mol. The summed E-state index contributed by atoms with van der Waals surface area (Å²) in [6, 6.07) is 12.6. The Labute approximate surface area is 177 Å². The molecule has 2 rings (SSSR count). The molecule has 0 saturated carbocycles. The lowest BCUT2D eigenvalue weighted by molar-refractivity contribution is -0.118. The monoisotopic (exact) mass is 433 g/mol. The maximum atomic E-state index is 12.3. The number of amides is 2. The molecule has 2 aromatic rings.